The maximum absolute atomic E-state index is 15.5. The highest BCUT2D eigenvalue weighted by molar-refractivity contribution is 6.31. The second-order valence-electron chi connectivity index (χ2n) is 16.9. The van der Waals surface area contributed by atoms with Crippen molar-refractivity contribution in [3.8, 4) is 22.8 Å². The Balaban J connectivity index is 1.31. The van der Waals surface area contributed by atoms with Crippen LogP contribution in [0, 0.1) is 11.7 Å². The summed E-state index contributed by atoms with van der Waals surface area (Å²) in [7, 11) is 8.67. The summed E-state index contributed by atoms with van der Waals surface area (Å²) in [5, 5.41) is 15.6. The first kappa shape index (κ1) is 51.7. The quantitative estimate of drug-likeness (QED) is 0.0781. The fourth-order valence-electron chi connectivity index (χ4n) is 8.08. The van der Waals surface area contributed by atoms with Crippen molar-refractivity contribution >= 4 is 46.9 Å². The van der Waals surface area contributed by atoms with Gasteiger partial charge < -0.3 is 44.5 Å². The van der Waals surface area contributed by atoms with Crippen molar-refractivity contribution in [2.75, 3.05) is 47.9 Å². The lowest BCUT2D eigenvalue weighted by Crippen LogP contribution is -2.65. The predicted octanol–water partition coefficient (Wildman–Crippen LogP) is 7.10. The molecule has 0 aliphatic carbocycles. The molecule has 0 bridgehead atoms. The number of benzene rings is 3. The molecule has 3 N–H and O–H groups in total. The van der Waals surface area contributed by atoms with E-state index in [0.29, 0.717) is 29.3 Å². The minimum absolute atomic E-state index is 0.0379. The Morgan fingerprint density at radius 2 is 1.70 bits per heavy atom. The number of nitrogens with zero attached hydrogens (tertiary/aromatic N) is 5. The van der Waals surface area contributed by atoms with Crippen LogP contribution in [0.5, 0.6) is 11.5 Å². The summed E-state index contributed by atoms with van der Waals surface area (Å²) >= 11 is 12.4. The number of imidazole rings is 1. The summed E-state index contributed by atoms with van der Waals surface area (Å²) in [6, 6.07) is 14.2. The SMILES string of the molecule is COCC(NC(=O)C(C)NCc1c(F)cc(Cl)cc1Oc1ccc(-c2cnc(CN(C)C)n2C)cc1)C(=O)N(C)C1(Cc2ccc(Cl)cc2)CCCN(C(=O)C(CC(=O)O)CC(F)(F)F)C1. The normalized spacial score (nSPS) is 16.7. The number of carboxylic acid groups (broad SMARTS) is 1. The summed E-state index contributed by atoms with van der Waals surface area (Å²) in [4.78, 5) is 62.6. The molecule has 3 amide bonds. The van der Waals surface area contributed by atoms with Gasteiger partial charge in [0.1, 0.15) is 29.2 Å². The molecule has 4 atom stereocenters. The van der Waals surface area contributed by atoms with Gasteiger partial charge in [0, 0.05) is 62.0 Å². The van der Waals surface area contributed by atoms with Gasteiger partial charge in [-0.15, -0.1) is 0 Å². The van der Waals surface area contributed by atoms with Crippen LogP contribution in [0.2, 0.25) is 10.0 Å². The van der Waals surface area contributed by atoms with Gasteiger partial charge in [0.15, 0.2) is 0 Å². The van der Waals surface area contributed by atoms with Crippen molar-refractivity contribution in [1.82, 2.24) is 34.9 Å². The Labute approximate surface area is 391 Å². The number of methoxy groups -OCH3 is 1. The smallest absolute Gasteiger partial charge is 0.389 e. The Bertz CT molecular complexity index is 2330. The maximum Gasteiger partial charge on any atom is 0.389 e. The van der Waals surface area contributed by atoms with Crippen molar-refractivity contribution in [2.45, 2.75) is 75.9 Å². The van der Waals surface area contributed by atoms with Crippen LogP contribution < -0.4 is 15.4 Å². The lowest BCUT2D eigenvalue weighted by molar-refractivity contribution is -0.166. The third-order valence-corrected chi connectivity index (χ3v) is 12.0. The first-order valence-electron chi connectivity index (χ1n) is 21.1. The zero-order valence-electron chi connectivity index (χ0n) is 37.6. The lowest BCUT2D eigenvalue weighted by atomic mass is 9.80. The molecule has 0 saturated carbocycles. The summed E-state index contributed by atoms with van der Waals surface area (Å²) < 4.78 is 69.7. The number of carbonyl (C=O) groups is 4. The van der Waals surface area contributed by atoms with Gasteiger partial charge in [-0.3, -0.25) is 19.2 Å². The number of halogens is 6. The monoisotopic (exact) mass is 963 g/mol. The Morgan fingerprint density at radius 3 is 2.32 bits per heavy atom. The van der Waals surface area contributed by atoms with Crippen LogP contribution in [-0.2, 0) is 50.5 Å². The highest BCUT2D eigenvalue weighted by atomic mass is 35.5. The van der Waals surface area contributed by atoms with Crippen LogP contribution in [0.15, 0.2) is 66.9 Å². The number of carboxylic acids is 1. The molecule has 0 spiro atoms. The van der Waals surface area contributed by atoms with Gasteiger partial charge in [0.05, 0.1) is 55.4 Å². The number of hydrogen-bond acceptors (Lipinski definition) is 9. The Hall–Kier alpha value is -5.27. The number of rotatable bonds is 20. The van der Waals surface area contributed by atoms with Gasteiger partial charge in [-0.05, 0) is 94.4 Å². The third-order valence-electron chi connectivity index (χ3n) is 11.6. The summed E-state index contributed by atoms with van der Waals surface area (Å²) in [5.41, 5.74) is 1.34. The molecule has 20 heteroatoms. The number of likely N-dealkylation sites (tertiary alicyclic amines) is 1. The number of nitrogens with one attached hydrogen (secondary N) is 2. The second kappa shape index (κ2) is 22.5. The molecule has 3 aromatic carbocycles. The van der Waals surface area contributed by atoms with E-state index in [0.717, 1.165) is 23.1 Å². The molecule has 1 aliphatic rings. The van der Waals surface area contributed by atoms with Crippen LogP contribution in [0.25, 0.3) is 11.3 Å². The van der Waals surface area contributed by atoms with E-state index in [1.165, 1.54) is 36.9 Å². The Kier molecular flexibility index (Phi) is 17.6. The van der Waals surface area contributed by atoms with Gasteiger partial charge in [0.25, 0.3) is 0 Å². The summed E-state index contributed by atoms with van der Waals surface area (Å²) in [6.45, 7) is 1.52. The maximum atomic E-state index is 15.5. The fourth-order valence-corrected chi connectivity index (χ4v) is 8.40. The van der Waals surface area contributed by atoms with E-state index in [1.807, 2.05) is 42.7 Å². The summed E-state index contributed by atoms with van der Waals surface area (Å²) in [6.07, 6.45) is -4.96. The first-order valence-corrected chi connectivity index (χ1v) is 21.9. The first-order chi connectivity index (χ1) is 31.1. The van der Waals surface area contributed by atoms with Crippen molar-refractivity contribution < 1.29 is 51.3 Å². The molecule has 5 rings (SSSR count). The molecule has 358 valence electrons. The molecule has 2 heterocycles. The molecule has 0 radical (unpaired) electrons. The van der Waals surface area contributed by atoms with Gasteiger partial charge >= 0.3 is 12.1 Å². The number of alkyl halides is 3. The topological polar surface area (TPSA) is 159 Å². The molecule has 1 saturated heterocycles. The Morgan fingerprint density at radius 1 is 1.02 bits per heavy atom. The van der Waals surface area contributed by atoms with E-state index in [1.54, 1.807) is 42.6 Å². The van der Waals surface area contributed by atoms with Crippen LogP contribution in [0.3, 0.4) is 0 Å². The number of likely N-dealkylation sites (N-methyl/N-ethyl adjacent to an activating group) is 1. The van der Waals surface area contributed by atoms with Crippen LogP contribution in [0.4, 0.5) is 17.6 Å². The van der Waals surface area contributed by atoms with Gasteiger partial charge in [-0.2, -0.15) is 13.2 Å². The largest absolute Gasteiger partial charge is 0.481 e. The van der Waals surface area contributed by atoms with Crippen LogP contribution >= 0.6 is 23.2 Å². The average molecular weight is 965 g/mol. The number of amides is 3. The number of aromatic nitrogens is 2. The van der Waals surface area contributed by atoms with Gasteiger partial charge in [-0.25, -0.2) is 9.37 Å². The molecule has 1 aromatic heterocycles. The lowest BCUT2D eigenvalue weighted by Gasteiger charge is -2.49. The van der Waals surface area contributed by atoms with E-state index in [-0.39, 0.29) is 55.4 Å². The van der Waals surface area contributed by atoms with Gasteiger partial charge in [0.2, 0.25) is 17.7 Å². The third kappa shape index (κ3) is 13.7. The molecule has 66 heavy (non-hydrogen) atoms. The second-order valence-corrected chi connectivity index (χ2v) is 17.7. The summed E-state index contributed by atoms with van der Waals surface area (Å²) in [5.74, 6) is -4.99. The number of aliphatic carboxylic acids is 1. The van der Waals surface area contributed by atoms with E-state index >= 15 is 4.39 Å². The standard InChI is InChI=1S/C46H55Cl2F4N7O7/c1-28(53-23-35-36(49)19-33(48)20-39(35)66-34-14-10-30(11-15-34)38-24-54-40(57(38)4)25-56(2)3)42(62)55-37(26-65-6)44(64)58(5)45(21-29-8-12-32(47)13-9-29)16-7-17-59(27-45)43(63)31(18-41(60)61)22-46(50,51)52/h8-15,19-20,24,28,31,37,53H,7,16-18,21-23,25-27H2,1-6H3,(H,55,62)(H,60,61). The highest BCUT2D eigenvalue weighted by Crippen LogP contribution is 2.36. The van der Waals surface area contributed by atoms with E-state index in [2.05, 4.69) is 15.6 Å². The van der Waals surface area contributed by atoms with E-state index in [9.17, 15) is 37.5 Å². The molecular weight excluding hydrogens is 909 g/mol. The molecular formula is C46H55Cl2F4N7O7. The number of hydrogen-bond donors (Lipinski definition) is 3. The van der Waals surface area contributed by atoms with Crippen molar-refractivity contribution in [2.24, 2.45) is 13.0 Å². The highest BCUT2D eigenvalue weighted by Gasteiger charge is 2.46. The van der Waals surface area contributed by atoms with Crippen molar-refractivity contribution in [3.63, 3.8) is 0 Å². The zero-order chi connectivity index (χ0) is 48.5. The molecule has 4 unspecified atom stereocenters. The number of piperidine rings is 1. The van der Waals surface area contributed by atoms with Crippen LogP contribution in [0.1, 0.15) is 49.6 Å². The number of carbonyl (C=O) groups excluding carboxylic acids is 3. The molecule has 1 fully saturated rings. The van der Waals surface area contributed by atoms with Gasteiger partial charge in [-0.1, -0.05) is 35.3 Å². The average Bonchev–Trinajstić information content (AvgIpc) is 3.60. The molecule has 1 aliphatic heterocycles. The van der Waals surface area contributed by atoms with E-state index in [4.69, 9.17) is 32.7 Å². The van der Waals surface area contributed by atoms with Crippen LogP contribution in [-0.4, -0.2) is 125 Å². The molecule has 4 aromatic rings. The number of ether oxygens (including phenoxy) is 2. The minimum atomic E-state index is -4.80. The minimum Gasteiger partial charge on any atom is -0.481 e. The zero-order valence-corrected chi connectivity index (χ0v) is 39.1. The predicted molar refractivity (Wildman–Crippen MR) is 241 cm³/mol. The van der Waals surface area contributed by atoms with E-state index < -0.39 is 72.1 Å². The van der Waals surface area contributed by atoms with Crippen molar-refractivity contribution in [1.29, 1.82) is 0 Å². The van der Waals surface area contributed by atoms with Crippen molar-refractivity contribution in [3.05, 3.63) is 99.7 Å². The molecule has 14 nitrogen and oxygen atoms in total. The fraction of sp³-hybridized carbons (Fsp3) is 0.457.